The molecule has 4 N–H and O–H groups in total. The van der Waals surface area contributed by atoms with Gasteiger partial charge in [0.05, 0.1) is 19.1 Å². The lowest BCUT2D eigenvalue weighted by Crippen LogP contribution is -2.37. The highest BCUT2D eigenvalue weighted by Gasteiger charge is 2.25. The number of anilines is 1. The van der Waals surface area contributed by atoms with Crippen LogP contribution in [-0.2, 0) is 30.8 Å². The van der Waals surface area contributed by atoms with E-state index in [0.717, 1.165) is 16.3 Å². The van der Waals surface area contributed by atoms with E-state index in [2.05, 4.69) is 15.5 Å². The van der Waals surface area contributed by atoms with Crippen LogP contribution >= 0.6 is 0 Å². The standard InChI is InChI=1S/C27H30N4O8S/c1-17(33)28-19-9-11-25(40(37,38)30-20(16-32)15-26(34)35)24(14-19)39-13-12-18-8-10-23(27(36)29-31(2)3)22-7-5-4-6-21(18)22/h4-11,14,16,20,30H,12-13,15H2,1-3H3,(H,28,33)(H,29,36)(H,34,35). The third-order valence-corrected chi connectivity index (χ3v) is 7.16. The van der Waals surface area contributed by atoms with Gasteiger partial charge in [-0.25, -0.2) is 18.1 Å². The SMILES string of the molecule is CC(=O)Nc1ccc(S(=O)(=O)NC(C=O)CC(=O)O)c(OCCc2ccc(C(=O)NN(C)C)c3ccccc23)c1. The number of nitrogens with one attached hydrogen (secondary N) is 3. The number of carboxylic acids is 1. The Labute approximate surface area is 231 Å². The number of sulfonamides is 1. The molecule has 212 valence electrons. The Morgan fingerprint density at radius 1 is 1.05 bits per heavy atom. The number of aldehydes is 1. The number of carbonyl (C=O) groups is 4. The molecule has 0 aliphatic carbocycles. The lowest BCUT2D eigenvalue weighted by atomic mass is 9.97. The molecule has 0 radical (unpaired) electrons. The van der Waals surface area contributed by atoms with Gasteiger partial charge in [0.2, 0.25) is 15.9 Å². The number of benzene rings is 3. The van der Waals surface area contributed by atoms with Gasteiger partial charge in [0, 0.05) is 44.8 Å². The molecule has 0 aromatic heterocycles. The zero-order chi connectivity index (χ0) is 29.4. The number of hydrogen-bond acceptors (Lipinski definition) is 8. The highest BCUT2D eigenvalue weighted by Crippen LogP contribution is 2.29. The summed E-state index contributed by atoms with van der Waals surface area (Å²) in [7, 11) is -0.958. The second-order valence-corrected chi connectivity index (χ2v) is 10.7. The first-order valence-electron chi connectivity index (χ1n) is 12.1. The van der Waals surface area contributed by atoms with Gasteiger partial charge in [0.25, 0.3) is 5.91 Å². The number of carbonyl (C=O) groups excluding carboxylic acids is 3. The molecule has 0 aliphatic heterocycles. The van der Waals surface area contributed by atoms with E-state index < -0.39 is 28.5 Å². The highest BCUT2D eigenvalue weighted by molar-refractivity contribution is 7.89. The van der Waals surface area contributed by atoms with E-state index >= 15 is 0 Å². The molecular weight excluding hydrogens is 540 g/mol. The minimum atomic E-state index is -4.38. The van der Waals surface area contributed by atoms with Gasteiger partial charge in [-0.15, -0.1) is 0 Å². The monoisotopic (exact) mass is 570 g/mol. The molecule has 3 aromatic carbocycles. The smallest absolute Gasteiger partial charge is 0.305 e. The summed E-state index contributed by atoms with van der Waals surface area (Å²) in [6.45, 7) is 1.31. The average Bonchev–Trinajstić information content (AvgIpc) is 2.87. The van der Waals surface area contributed by atoms with Gasteiger partial charge in [0.15, 0.2) is 0 Å². The van der Waals surface area contributed by atoms with E-state index in [9.17, 15) is 27.6 Å². The Bertz CT molecular complexity index is 1540. The topological polar surface area (TPSA) is 171 Å². The molecule has 0 heterocycles. The Morgan fingerprint density at radius 3 is 2.38 bits per heavy atom. The van der Waals surface area contributed by atoms with Crippen molar-refractivity contribution in [3.05, 3.63) is 65.7 Å². The van der Waals surface area contributed by atoms with Crippen LogP contribution < -0.4 is 20.2 Å². The molecule has 0 saturated carbocycles. The van der Waals surface area contributed by atoms with E-state index in [1.54, 1.807) is 31.2 Å². The van der Waals surface area contributed by atoms with Crippen molar-refractivity contribution < 1.29 is 37.4 Å². The van der Waals surface area contributed by atoms with E-state index in [4.69, 9.17) is 9.84 Å². The molecule has 0 bridgehead atoms. The van der Waals surface area contributed by atoms with Crippen molar-refractivity contribution in [2.75, 3.05) is 26.0 Å². The van der Waals surface area contributed by atoms with Crippen LogP contribution in [0.2, 0.25) is 0 Å². The molecule has 40 heavy (non-hydrogen) atoms. The summed E-state index contributed by atoms with van der Waals surface area (Å²) >= 11 is 0. The van der Waals surface area contributed by atoms with Crippen molar-refractivity contribution in [2.24, 2.45) is 0 Å². The molecule has 1 unspecified atom stereocenters. The number of aliphatic carboxylic acids is 1. The minimum Gasteiger partial charge on any atom is -0.492 e. The minimum absolute atomic E-state index is 0.0194. The molecule has 13 heteroatoms. The molecular formula is C27H30N4O8S. The average molecular weight is 571 g/mol. The summed E-state index contributed by atoms with van der Waals surface area (Å²) in [5.41, 5.74) is 4.34. The van der Waals surface area contributed by atoms with Gasteiger partial charge in [0.1, 0.15) is 16.9 Å². The van der Waals surface area contributed by atoms with Crippen LogP contribution in [0.4, 0.5) is 5.69 Å². The normalized spacial score (nSPS) is 12.1. The molecule has 3 rings (SSSR count). The number of ether oxygens (including phenoxy) is 1. The summed E-state index contributed by atoms with van der Waals surface area (Å²) in [5.74, 6) is -2.11. The first kappa shape index (κ1) is 30.2. The van der Waals surface area contributed by atoms with Crippen LogP contribution in [-0.4, -0.2) is 69.3 Å². The third kappa shape index (κ3) is 7.85. The van der Waals surface area contributed by atoms with Crippen molar-refractivity contribution in [3.63, 3.8) is 0 Å². The molecule has 0 spiro atoms. The Morgan fingerprint density at radius 2 is 1.75 bits per heavy atom. The third-order valence-electron chi connectivity index (χ3n) is 5.63. The van der Waals surface area contributed by atoms with E-state index in [0.29, 0.717) is 12.0 Å². The molecule has 0 fully saturated rings. The highest BCUT2D eigenvalue weighted by atomic mass is 32.2. The molecule has 0 aliphatic rings. The van der Waals surface area contributed by atoms with Crippen molar-refractivity contribution in [3.8, 4) is 5.75 Å². The summed E-state index contributed by atoms with van der Waals surface area (Å²) in [6.07, 6.45) is -0.201. The van der Waals surface area contributed by atoms with Crippen LogP contribution in [0.3, 0.4) is 0 Å². The maximum Gasteiger partial charge on any atom is 0.305 e. The predicted molar refractivity (Wildman–Crippen MR) is 147 cm³/mol. The second-order valence-electron chi connectivity index (χ2n) is 9.06. The summed E-state index contributed by atoms with van der Waals surface area (Å²) < 4.78 is 34.0. The van der Waals surface area contributed by atoms with Crippen LogP contribution in [0.1, 0.15) is 29.3 Å². The predicted octanol–water partition coefficient (Wildman–Crippen LogP) is 1.95. The number of carboxylic acid groups (broad SMARTS) is 1. The second kappa shape index (κ2) is 13.2. The number of hydrazine groups is 1. The van der Waals surface area contributed by atoms with Crippen molar-refractivity contribution >= 4 is 50.6 Å². The summed E-state index contributed by atoms with van der Waals surface area (Å²) in [4.78, 5) is 46.1. The van der Waals surface area contributed by atoms with Crippen molar-refractivity contribution in [2.45, 2.75) is 30.7 Å². The number of hydrogen-bond donors (Lipinski definition) is 4. The number of rotatable bonds is 13. The molecule has 1 atom stereocenters. The summed E-state index contributed by atoms with van der Waals surface area (Å²) in [5, 5.41) is 14.6. The van der Waals surface area contributed by atoms with E-state index in [1.165, 1.54) is 25.1 Å². The Kier molecular flexibility index (Phi) is 9.93. The Balaban J connectivity index is 1.89. The van der Waals surface area contributed by atoms with Gasteiger partial charge >= 0.3 is 5.97 Å². The summed E-state index contributed by atoms with van der Waals surface area (Å²) in [6, 6.07) is 13.3. The van der Waals surface area contributed by atoms with Crippen LogP contribution in [0.5, 0.6) is 5.75 Å². The van der Waals surface area contributed by atoms with Gasteiger partial charge in [-0.3, -0.25) is 19.8 Å². The van der Waals surface area contributed by atoms with Gasteiger partial charge in [-0.05, 0) is 34.5 Å². The molecule has 12 nitrogen and oxygen atoms in total. The quantitative estimate of drug-likeness (QED) is 0.177. The first-order chi connectivity index (χ1) is 18.9. The lowest BCUT2D eigenvalue weighted by molar-refractivity contribution is -0.138. The number of fused-ring (bicyclic) bond motifs is 1. The molecule has 0 saturated heterocycles. The van der Waals surface area contributed by atoms with Crippen molar-refractivity contribution in [1.29, 1.82) is 0 Å². The largest absolute Gasteiger partial charge is 0.492 e. The maximum absolute atomic E-state index is 13.1. The van der Waals surface area contributed by atoms with Crippen LogP contribution in [0.25, 0.3) is 10.8 Å². The zero-order valence-corrected chi connectivity index (χ0v) is 22.9. The lowest BCUT2D eigenvalue weighted by Gasteiger charge is -2.17. The fourth-order valence-corrected chi connectivity index (χ4v) is 5.30. The molecule has 3 aromatic rings. The maximum atomic E-state index is 13.1. The van der Waals surface area contributed by atoms with Gasteiger partial charge < -0.3 is 20.0 Å². The molecule has 2 amide bonds. The first-order valence-corrected chi connectivity index (χ1v) is 13.6. The van der Waals surface area contributed by atoms with E-state index in [-0.39, 0.29) is 41.0 Å². The van der Waals surface area contributed by atoms with Crippen molar-refractivity contribution in [1.82, 2.24) is 15.2 Å². The fraction of sp³-hybridized carbons (Fsp3) is 0.259. The van der Waals surface area contributed by atoms with Gasteiger partial charge in [-0.2, -0.15) is 0 Å². The van der Waals surface area contributed by atoms with E-state index in [1.807, 2.05) is 24.3 Å². The number of amides is 2. The van der Waals surface area contributed by atoms with Crippen LogP contribution in [0, 0.1) is 0 Å². The van der Waals surface area contributed by atoms with Gasteiger partial charge in [-0.1, -0.05) is 30.3 Å². The zero-order valence-electron chi connectivity index (χ0n) is 22.1. The fourth-order valence-electron chi connectivity index (χ4n) is 4.00. The number of nitrogens with zero attached hydrogens (tertiary/aromatic N) is 1. The Hall–Kier alpha value is -4.33. The van der Waals surface area contributed by atoms with Crippen LogP contribution in [0.15, 0.2) is 59.5 Å².